The highest BCUT2D eigenvalue weighted by Crippen LogP contribution is 2.35. The Morgan fingerprint density at radius 3 is 2.87 bits per heavy atom. The van der Waals surface area contributed by atoms with Gasteiger partial charge in [0.25, 0.3) is 11.8 Å². The maximum Gasteiger partial charge on any atom is 0.274 e. The largest absolute Gasteiger partial charge is 0.494 e. The molecule has 0 radical (unpaired) electrons. The van der Waals surface area contributed by atoms with E-state index in [1.807, 2.05) is 42.8 Å². The molecule has 6 heterocycles. The molecule has 7 rings (SSSR count). The average Bonchev–Trinajstić information content (AvgIpc) is 3.73. The molecule has 1 fully saturated rings. The highest BCUT2D eigenvalue weighted by atomic mass is 19.1. The van der Waals surface area contributed by atoms with Crippen LogP contribution in [-0.2, 0) is 13.6 Å². The summed E-state index contributed by atoms with van der Waals surface area (Å²) < 4.78 is 29.7. The number of methoxy groups -OCH3 is 1. The number of hydrogen-bond acceptors (Lipinski definition) is 8. The number of ether oxygens (including phenoxy) is 1. The lowest BCUT2D eigenvalue weighted by Crippen LogP contribution is -2.52. The number of imidazole rings is 1. The fourth-order valence-corrected chi connectivity index (χ4v) is 6.49. The molecule has 5 aromatic rings. The molecule has 3 atom stereocenters. The van der Waals surface area contributed by atoms with Gasteiger partial charge in [0.1, 0.15) is 28.8 Å². The third-order valence-corrected chi connectivity index (χ3v) is 9.08. The molecular formula is C34H37FN8O4. The van der Waals surface area contributed by atoms with Gasteiger partial charge in [0.2, 0.25) is 0 Å². The number of piperidine rings is 1. The van der Waals surface area contributed by atoms with Crippen LogP contribution in [0.15, 0.2) is 40.9 Å². The summed E-state index contributed by atoms with van der Waals surface area (Å²) in [6, 6.07) is 8.37. The molecule has 47 heavy (non-hydrogen) atoms. The van der Waals surface area contributed by atoms with E-state index in [0.29, 0.717) is 65.7 Å². The van der Waals surface area contributed by atoms with Crippen LogP contribution in [0.4, 0.5) is 4.39 Å². The number of amides is 2. The lowest BCUT2D eigenvalue weighted by molar-refractivity contribution is 0.0891. The predicted molar refractivity (Wildman–Crippen MR) is 175 cm³/mol. The summed E-state index contributed by atoms with van der Waals surface area (Å²) in [6.45, 7) is 5.30. The number of benzene rings is 1. The maximum absolute atomic E-state index is 14.5. The molecule has 2 aliphatic heterocycles. The van der Waals surface area contributed by atoms with Crippen molar-refractivity contribution in [2.45, 2.75) is 57.9 Å². The van der Waals surface area contributed by atoms with Gasteiger partial charge in [-0.3, -0.25) is 9.59 Å². The quantitative estimate of drug-likeness (QED) is 0.259. The van der Waals surface area contributed by atoms with E-state index in [0.717, 1.165) is 35.1 Å². The van der Waals surface area contributed by atoms with E-state index < -0.39 is 18.3 Å². The second-order valence-electron chi connectivity index (χ2n) is 12.2. The zero-order chi connectivity index (χ0) is 32.8. The van der Waals surface area contributed by atoms with Gasteiger partial charge < -0.3 is 34.3 Å². The van der Waals surface area contributed by atoms with Crippen LogP contribution in [0, 0.1) is 6.92 Å². The number of allylic oxidation sites excluding steroid dienone is 1. The minimum absolute atomic E-state index is 0.255. The number of carbonyl (C=O) groups is 2. The first-order valence-corrected chi connectivity index (χ1v) is 15.9. The molecule has 13 heteroatoms. The van der Waals surface area contributed by atoms with E-state index >= 15 is 0 Å². The van der Waals surface area contributed by atoms with Gasteiger partial charge in [-0.1, -0.05) is 17.3 Å². The molecule has 3 N–H and O–H groups in total. The lowest BCUT2D eigenvalue weighted by Gasteiger charge is -2.27. The van der Waals surface area contributed by atoms with Crippen LogP contribution in [0.2, 0.25) is 0 Å². The van der Waals surface area contributed by atoms with E-state index in [-0.39, 0.29) is 17.5 Å². The Bertz CT molecular complexity index is 2040. The molecule has 244 valence electrons. The number of fused-ring (bicyclic) bond motifs is 3. The molecule has 2 amide bonds. The summed E-state index contributed by atoms with van der Waals surface area (Å²) >= 11 is 0. The third kappa shape index (κ3) is 5.54. The average molecular weight is 641 g/mol. The summed E-state index contributed by atoms with van der Waals surface area (Å²) in [5.74, 6) is 1.04. The Balaban J connectivity index is 1.29. The topological polar surface area (TPSA) is 141 Å². The van der Waals surface area contributed by atoms with Crippen molar-refractivity contribution in [1.82, 2.24) is 40.2 Å². The van der Waals surface area contributed by atoms with Crippen LogP contribution in [0.5, 0.6) is 5.75 Å². The minimum atomic E-state index is -1.11. The van der Waals surface area contributed by atoms with Gasteiger partial charge in [0.15, 0.2) is 11.5 Å². The molecule has 12 nitrogen and oxygen atoms in total. The van der Waals surface area contributed by atoms with Crippen molar-refractivity contribution in [1.29, 1.82) is 0 Å². The number of pyridine rings is 1. The third-order valence-electron chi connectivity index (χ3n) is 9.08. The standard InChI is InChI=1S/C34H37FN8O4/c1-18-24-10-9-20-15-27(43(31(20)38-24)13-7-5-6-8-22-19(2)47-41-29(22)34(45)37-18)32-39-25-14-21(16-28(46-4)30(25)42(32)3)33(44)40-26-17-36-12-11-23(26)35/h6,8-10,14-16,18,23,26,36H,5,7,11-13,17H2,1-4H3,(H,37,45)(H,40,44)/b8-6+/t18-,23+,26+/m1/s1. The summed E-state index contributed by atoms with van der Waals surface area (Å²) in [5.41, 5.74) is 4.92. The van der Waals surface area contributed by atoms with Gasteiger partial charge in [-0.05, 0) is 70.0 Å². The van der Waals surface area contributed by atoms with Crippen molar-refractivity contribution in [3.05, 3.63) is 64.7 Å². The number of halogens is 1. The summed E-state index contributed by atoms with van der Waals surface area (Å²) in [6.07, 6.45) is 4.70. The van der Waals surface area contributed by atoms with Crippen LogP contribution in [0.25, 0.3) is 39.7 Å². The second-order valence-corrected chi connectivity index (χ2v) is 12.2. The first kappa shape index (κ1) is 30.6. The Hall–Kier alpha value is -5.04. The fourth-order valence-electron chi connectivity index (χ4n) is 6.49. The van der Waals surface area contributed by atoms with Gasteiger partial charge >= 0.3 is 0 Å². The highest BCUT2D eigenvalue weighted by molar-refractivity contribution is 6.00. The molecule has 0 saturated carbocycles. The smallest absolute Gasteiger partial charge is 0.274 e. The van der Waals surface area contributed by atoms with Crippen LogP contribution < -0.4 is 20.7 Å². The van der Waals surface area contributed by atoms with Gasteiger partial charge in [-0.15, -0.1) is 0 Å². The van der Waals surface area contributed by atoms with E-state index in [1.54, 1.807) is 26.2 Å². The summed E-state index contributed by atoms with van der Waals surface area (Å²) in [7, 11) is 3.47. The molecule has 0 spiro atoms. The van der Waals surface area contributed by atoms with Gasteiger partial charge in [0, 0.05) is 36.7 Å². The molecule has 0 aliphatic carbocycles. The van der Waals surface area contributed by atoms with Gasteiger partial charge in [-0.25, -0.2) is 14.4 Å². The van der Waals surface area contributed by atoms with Crippen molar-refractivity contribution in [3.8, 4) is 17.3 Å². The number of nitrogens with one attached hydrogen (secondary N) is 3. The second kappa shape index (κ2) is 12.3. The van der Waals surface area contributed by atoms with Crippen molar-refractivity contribution in [3.63, 3.8) is 0 Å². The van der Waals surface area contributed by atoms with E-state index in [2.05, 4.69) is 31.7 Å². The Morgan fingerprint density at radius 1 is 1.21 bits per heavy atom. The van der Waals surface area contributed by atoms with Crippen LogP contribution >= 0.6 is 0 Å². The molecule has 4 aromatic heterocycles. The molecule has 2 aliphatic rings. The Morgan fingerprint density at radius 2 is 2.06 bits per heavy atom. The van der Waals surface area contributed by atoms with Crippen molar-refractivity contribution in [2.75, 3.05) is 20.2 Å². The molecular weight excluding hydrogens is 603 g/mol. The summed E-state index contributed by atoms with van der Waals surface area (Å²) in [4.78, 5) is 36.4. The van der Waals surface area contributed by atoms with Crippen LogP contribution in [-0.4, -0.2) is 68.5 Å². The van der Waals surface area contributed by atoms with Gasteiger partial charge in [-0.2, -0.15) is 0 Å². The van der Waals surface area contributed by atoms with E-state index in [4.69, 9.17) is 19.2 Å². The number of aromatic nitrogens is 5. The Kier molecular flexibility index (Phi) is 8.00. The molecule has 1 aromatic carbocycles. The predicted octanol–water partition coefficient (Wildman–Crippen LogP) is 4.62. The summed E-state index contributed by atoms with van der Waals surface area (Å²) in [5, 5.41) is 13.9. The normalized spacial score (nSPS) is 21.0. The zero-order valence-corrected chi connectivity index (χ0v) is 26.8. The Labute approximate surface area is 270 Å². The first-order chi connectivity index (χ1) is 22.7. The molecule has 1 saturated heterocycles. The van der Waals surface area contributed by atoms with Crippen molar-refractivity contribution < 1.29 is 23.2 Å². The number of hydrogen-bond donors (Lipinski definition) is 3. The fraction of sp³-hybridized carbons (Fsp3) is 0.382. The maximum atomic E-state index is 14.5. The van der Waals surface area contributed by atoms with Crippen molar-refractivity contribution >= 4 is 40.0 Å². The SMILES string of the molecule is COc1cc(C(=O)N[C@H]2CNCC[C@@H]2F)cc2nc(-c3cc4ccc5nc4n3CCC/C=C/c3c(noc3C)C(=O)N[C@@H]5C)n(C)c12. The van der Waals surface area contributed by atoms with Crippen molar-refractivity contribution in [2.24, 2.45) is 7.05 Å². The lowest BCUT2D eigenvalue weighted by atomic mass is 10.0. The highest BCUT2D eigenvalue weighted by Gasteiger charge is 2.28. The van der Waals surface area contributed by atoms with Crippen LogP contribution in [0.3, 0.4) is 0 Å². The minimum Gasteiger partial charge on any atom is -0.494 e. The number of nitrogens with zero attached hydrogens (tertiary/aromatic N) is 5. The number of aryl methyl sites for hydroxylation is 3. The molecule has 2 bridgehead atoms. The molecule has 0 unspecified atom stereocenters. The first-order valence-electron chi connectivity index (χ1n) is 15.9. The van der Waals surface area contributed by atoms with E-state index in [1.165, 1.54) is 0 Å². The number of rotatable bonds is 4. The number of alkyl halides is 1. The number of carbonyl (C=O) groups excluding carboxylic acids is 2. The monoisotopic (exact) mass is 640 g/mol. The van der Waals surface area contributed by atoms with E-state index in [9.17, 15) is 14.0 Å². The van der Waals surface area contributed by atoms with Gasteiger partial charge in [0.05, 0.1) is 36.1 Å². The zero-order valence-electron chi connectivity index (χ0n) is 26.8. The van der Waals surface area contributed by atoms with Crippen LogP contribution in [0.1, 0.15) is 70.1 Å².